The third-order valence-electron chi connectivity index (χ3n) is 5.41. The van der Waals surface area contributed by atoms with Gasteiger partial charge in [-0.25, -0.2) is 4.98 Å². The number of aryl methyl sites for hydroxylation is 2. The first-order valence-corrected chi connectivity index (χ1v) is 9.96. The minimum Gasteiger partial charge on any atom is -0.378 e. The number of halogens is 1. The number of fused-ring (bicyclic) bond motifs is 1. The molecule has 0 saturated carbocycles. The summed E-state index contributed by atoms with van der Waals surface area (Å²) in [7, 11) is 0. The fraction of sp³-hybridized carbons (Fsp3) is 0.364. The number of carbonyl (C=O) groups excluding carboxylic acids is 1. The van der Waals surface area contributed by atoms with Crippen LogP contribution in [0.5, 0.6) is 0 Å². The van der Waals surface area contributed by atoms with Crippen molar-refractivity contribution in [1.82, 2.24) is 14.5 Å². The Morgan fingerprint density at radius 2 is 1.86 bits per heavy atom. The maximum absolute atomic E-state index is 12.9. The Bertz CT molecular complexity index is 1020. The van der Waals surface area contributed by atoms with Crippen molar-refractivity contribution in [2.75, 3.05) is 26.3 Å². The predicted octanol–water partition coefficient (Wildman–Crippen LogP) is 3.76. The van der Waals surface area contributed by atoms with Crippen LogP contribution in [0.1, 0.15) is 22.5 Å². The van der Waals surface area contributed by atoms with Crippen LogP contribution in [-0.4, -0.2) is 46.7 Å². The molecule has 1 aliphatic rings. The normalized spacial score (nSPS) is 14.6. The Balaban J connectivity index is 1.74. The van der Waals surface area contributed by atoms with Gasteiger partial charge in [0.2, 0.25) is 5.91 Å². The van der Waals surface area contributed by atoms with Crippen LogP contribution >= 0.6 is 11.6 Å². The van der Waals surface area contributed by atoms with E-state index in [0.29, 0.717) is 37.7 Å². The van der Waals surface area contributed by atoms with Crippen molar-refractivity contribution in [2.24, 2.45) is 0 Å². The lowest BCUT2D eigenvalue weighted by molar-refractivity contribution is -0.135. The molecule has 28 heavy (non-hydrogen) atoms. The summed E-state index contributed by atoms with van der Waals surface area (Å²) < 4.78 is 7.42. The van der Waals surface area contributed by atoms with Gasteiger partial charge in [0.25, 0.3) is 0 Å². The molecule has 146 valence electrons. The molecule has 0 atom stereocenters. The number of hydrogen-bond acceptors (Lipinski definition) is 3. The lowest BCUT2D eigenvalue weighted by Crippen LogP contribution is -2.42. The molecule has 0 radical (unpaired) electrons. The number of imidazole rings is 1. The summed E-state index contributed by atoms with van der Waals surface area (Å²) in [5.41, 5.74) is 5.30. The van der Waals surface area contributed by atoms with Crippen molar-refractivity contribution in [2.45, 2.75) is 26.8 Å². The third-order valence-corrected chi connectivity index (χ3v) is 5.78. The molecular weight excluding hydrogens is 374 g/mol. The molecule has 1 aliphatic heterocycles. The summed E-state index contributed by atoms with van der Waals surface area (Å²) >= 11 is 6.38. The zero-order valence-electron chi connectivity index (χ0n) is 16.2. The fourth-order valence-corrected chi connectivity index (χ4v) is 3.80. The molecule has 6 heteroatoms. The van der Waals surface area contributed by atoms with Crippen molar-refractivity contribution in [1.29, 1.82) is 0 Å². The van der Waals surface area contributed by atoms with Crippen LogP contribution in [0, 0.1) is 13.8 Å². The minimum atomic E-state index is 0.0984. The summed E-state index contributed by atoms with van der Waals surface area (Å²) in [5, 5.41) is 0.716. The number of nitrogens with zero attached hydrogens (tertiary/aromatic N) is 3. The van der Waals surface area contributed by atoms with Crippen LogP contribution in [0.25, 0.3) is 11.0 Å². The smallest absolute Gasteiger partial charge is 0.242 e. The van der Waals surface area contributed by atoms with Gasteiger partial charge in [-0.05, 0) is 48.7 Å². The molecule has 0 aliphatic carbocycles. The van der Waals surface area contributed by atoms with E-state index in [9.17, 15) is 4.79 Å². The summed E-state index contributed by atoms with van der Waals surface area (Å²) in [5.74, 6) is 0.955. The summed E-state index contributed by atoms with van der Waals surface area (Å²) in [6, 6.07) is 12.0. The van der Waals surface area contributed by atoms with E-state index >= 15 is 0 Å². The molecule has 1 aromatic heterocycles. The van der Waals surface area contributed by atoms with Gasteiger partial charge in [0.05, 0.1) is 24.2 Å². The zero-order valence-corrected chi connectivity index (χ0v) is 17.0. The van der Waals surface area contributed by atoms with Crippen molar-refractivity contribution >= 4 is 28.5 Å². The molecule has 0 N–H and O–H groups in total. The molecule has 5 nitrogen and oxygen atoms in total. The van der Waals surface area contributed by atoms with Gasteiger partial charge in [-0.3, -0.25) is 4.79 Å². The molecule has 1 fully saturated rings. The van der Waals surface area contributed by atoms with E-state index < -0.39 is 0 Å². The molecule has 4 rings (SSSR count). The Hall–Kier alpha value is -2.37. The van der Waals surface area contributed by atoms with Gasteiger partial charge in [-0.2, -0.15) is 0 Å². The van der Waals surface area contributed by atoms with E-state index in [-0.39, 0.29) is 12.5 Å². The fourth-order valence-electron chi connectivity index (χ4n) is 3.60. The van der Waals surface area contributed by atoms with E-state index in [0.717, 1.165) is 22.4 Å². The zero-order chi connectivity index (χ0) is 19.7. The third kappa shape index (κ3) is 3.77. The topological polar surface area (TPSA) is 47.4 Å². The maximum Gasteiger partial charge on any atom is 0.242 e. The van der Waals surface area contributed by atoms with Gasteiger partial charge in [-0.15, -0.1) is 0 Å². The van der Waals surface area contributed by atoms with Crippen LogP contribution < -0.4 is 0 Å². The number of morpholine rings is 1. The number of benzene rings is 2. The molecular formula is C22H24ClN3O2. The highest BCUT2D eigenvalue weighted by molar-refractivity contribution is 6.31. The largest absolute Gasteiger partial charge is 0.378 e. The van der Waals surface area contributed by atoms with Gasteiger partial charge in [-0.1, -0.05) is 29.8 Å². The van der Waals surface area contributed by atoms with Crippen LogP contribution in [0.3, 0.4) is 0 Å². The monoisotopic (exact) mass is 397 g/mol. The highest BCUT2D eigenvalue weighted by Gasteiger charge is 2.21. The van der Waals surface area contributed by atoms with Crippen LogP contribution in [0.4, 0.5) is 0 Å². The second-order valence-corrected chi connectivity index (χ2v) is 7.71. The van der Waals surface area contributed by atoms with Gasteiger partial charge < -0.3 is 14.2 Å². The van der Waals surface area contributed by atoms with E-state index in [4.69, 9.17) is 21.3 Å². The van der Waals surface area contributed by atoms with Gasteiger partial charge in [0.15, 0.2) is 0 Å². The second-order valence-electron chi connectivity index (χ2n) is 7.30. The Morgan fingerprint density at radius 1 is 1.14 bits per heavy atom. The first-order valence-electron chi connectivity index (χ1n) is 9.58. The highest BCUT2D eigenvalue weighted by Crippen LogP contribution is 2.25. The molecule has 0 bridgehead atoms. The van der Waals surface area contributed by atoms with Crippen molar-refractivity contribution in [3.8, 4) is 0 Å². The molecule has 1 saturated heterocycles. The standard InChI is InChI=1S/C22H24ClN3O2/c1-15-11-19-20(12-16(15)2)26(14-22(27)25-7-9-28-10-8-25)21(24-19)13-17-5-3-4-6-18(17)23/h3-6,11-12H,7-10,13-14H2,1-2H3. The highest BCUT2D eigenvalue weighted by atomic mass is 35.5. The van der Waals surface area contributed by atoms with E-state index in [1.165, 1.54) is 11.1 Å². The average Bonchev–Trinajstić information content (AvgIpc) is 3.01. The number of rotatable bonds is 4. The van der Waals surface area contributed by atoms with E-state index in [2.05, 4.69) is 26.0 Å². The Morgan fingerprint density at radius 3 is 2.61 bits per heavy atom. The number of carbonyl (C=O) groups is 1. The number of aromatic nitrogens is 2. The first kappa shape index (κ1) is 19.0. The summed E-state index contributed by atoms with van der Waals surface area (Å²) in [6.45, 7) is 6.93. The molecule has 2 heterocycles. The molecule has 3 aromatic rings. The first-order chi connectivity index (χ1) is 13.5. The number of ether oxygens (including phenoxy) is 1. The van der Waals surface area contributed by atoms with Crippen molar-refractivity contribution in [3.63, 3.8) is 0 Å². The van der Waals surface area contributed by atoms with E-state index in [1.54, 1.807) is 0 Å². The molecule has 0 spiro atoms. The van der Waals surface area contributed by atoms with E-state index in [1.807, 2.05) is 33.7 Å². The Kier molecular flexibility index (Phi) is 5.38. The second kappa shape index (κ2) is 7.94. The molecule has 0 unspecified atom stereocenters. The lowest BCUT2D eigenvalue weighted by Gasteiger charge is -2.27. The van der Waals surface area contributed by atoms with Crippen LogP contribution in [0.15, 0.2) is 36.4 Å². The summed E-state index contributed by atoms with van der Waals surface area (Å²) in [6.07, 6.45) is 0.586. The number of amides is 1. The quantitative estimate of drug-likeness (QED) is 0.673. The van der Waals surface area contributed by atoms with Crippen molar-refractivity contribution in [3.05, 3.63) is 63.9 Å². The van der Waals surface area contributed by atoms with Gasteiger partial charge in [0.1, 0.15) is 12.4 Å². The van der Waals surface area contributed by atoms with Crippen LogP contribution in [0.2, 0.25) is 5.02 Å². The van der Waals surface area contributed by atoms with Crippen LogP contribution in [-0.2, 0) is 22.5 Å². The number of hydrogen-bond donors (Lipinski definition) is 0. The van der Waals surface area contributed by atoms with Gasteiger partial charge >= 0.3 is 0 Å². The Labute approximate surface area is 169 Å². The lowest BCUT2D eigenvalue weighted by atomic mass is 10.1. The average molecular weight is 398 g/mol. The SMILES string of the molecule is Cc1cc2nc(Cc3ccccc3Cl)n(CC(=O)N3CCOCC3)c2cc1C. The minimum absolute atomic E-state index is 0.0984. The summed E-state index contributed by atoms with van der Waals surface area (Å²) in [4.78, 5) is 19.7. The maximum atomic E-state index is 12.9. The van der Waals surface area contributed by atoms with Crippen molar-refractivity contribution < 1.29 is 9.53 Å². The van der Waals surface area contributed by atoms with Gasteiger partial charge in [0, 0.05) is 24.5 Å². The predicted molar refractivity (Wildman–Crippen MR) is 111 cm³/mol. The molecule has 2 aromatic carbocycles. The molecule has 1 amide bonds.